The van der Waals surface area contributed by atoms with Gasteiger partial charge in [-0.3, -0.25) is 0 Å². The van der Waals surface area contributed by atoms with Gasteiger partial charge in [0, 0.05) is 16.5 Å². The minimum absolute atomic E-state index is 0.734. The van der Waals surface area contributed by atoms with Crippen LogP contribution in [0.1, 0.15) is 0 Å². The summed E-state index contributed by atoms with van der Waals surface area (Å²) >= 11 is 0. The van der Waals surface area contributed by atoms with Crippen LogP contribution in [0.4, 0.5) is 0 Å². The molecule has 2 heterocycles. The number of nitrogens with zero attached hydrogens (tertiary/aromatic N) is 2. The molecule has 12 rings (SSSR count). The van der Waals surface area contributed by atoms with Crippen molar-refractivity contribution in [3.63, 3.8) is 0 Å². The van der Waals surface area contributed by atoms with Gasteiger partial charge in [0.15, 0.2) is 5.65 Å². The molecule has 58 heavy (non-hydrogen) atoms. The Morgan fingerprint density at radius 1 is 0.207 bits per heavy atom. The van der Waals surface area contributed by atoms with Crippen molar-refractivity contribution in [3.05, 3.63) is 206 Å². The van der Waals surface area contributed by atoms with Crippen molar-refractivity contribution >= 4 is 75.7 Å². The first-order valence-electron chi connectivity index (χ1n) is 19.9. The highest BCUT2D eigenvalue weighted by molar-refractivity contribution is 6.19. The first-order valence-corrected chi connectivity index (χ1v) is 19.9. The molecule has 10 aromatic carbocycles. The zero-order chi connectivity index (χ0) is 38.2. The summed E-state index contributed by atoms with van der Waals surface area (Å²) < 4.78 is 0. The Morgan fingerprint density at radius 3 is 0.931 bits per heavy atom. The van der Waals surface area contributed by atoms with Crippen LogP contribution in [-0.4, -0.2) is 9.97 Å². The Labute approximate surface area is 335 Å². The number of aromatic nitrogens is 2. The molecule has 0 bridgehead atoms. The van der Waals surface area contributed by atoms with E-state index in [1.807, 2.05) is 0 Å². The van der Waals surface area contributed by atoms with Crippen molar-refractivity contribution in [2.75, 3.05) is 0 Å². The third kappa shape index (κ3) is 5.05. The molecule has 12 aromatic rings. The van der Waals surface area contributed by atoms with Gasteiger partial charge in [0.25, 0.3) is 0 Å². The molecule has 2 heteroatoms. The molecular weight excluding hydrogens is 701 g/mol. The second-order valence-corrected chi connectivity index (χ2v) is 15.2. The second-order valence-electron chi connectivity index (χ2n) is 15.2. The van der Waals surface area contributed by atoms with Crippen LogP contribution in [-0.2, 0) is 0 Å². The maximum atomic E-state index is 5.27. The fraction of sp³-hybridized carbons (Fsp3) is 0. The number of rotatable bonds is 4. The molecule has 0 aliphatic rings. The van der Waals surface area contributed by atoms with Crippen molar-refractivity contribution in [2.24, 2.45) is 0 Å². The van der Waals surface area contributed by atoms with Gasteiger partial charge in [-0.05, 0) is 123 Å². The highest BCUT2D eigenvalue weighted by Crippen LogP contribution is 2.43. The van der Waals surface area contributed by atoms with Crippen LogP contribution < -0.4 is 0 Å². The second kappa shape index (κ2) is 12.9. The van der Waals surface area contributed by atoms with Gasteiger partial charge < -0.3 is 0 Å². The van der Waals surface area contributed by atoms with Crippen molar-refractivity contribution in [3.8, 4) is 44.8 Å². The van der Waals surface area contributed by atoms with Crippen LogP contribution in [0.3, 0.4) is 0 Å². The molecule has 0 aliphatic heterocycles. The predicted molar refractivity (Wildman–Crippen MR) is 246 cm³/mol. The molecule has 0 saturated heterocycles. The highest BCUT2D eigenvalue weighted by atomic mass is 14.9. The first kappa shape index (κ1) is 32.6. The Balaban J connectivity index is 0.991. The zero-order valence-electron chi connectivity index (χ0n) is 31.5. The minimum Gasteiger partial charge on any atom is -0.228 e. The molecule has 0 fully saturated rings. The summed E-state index contributed by atoms with van der Waals surface area (Å²) in [6.07, 6.45) is 0. The van der Waals surface area contributed by atoms with E-state index < -0.39 is 0 Å². The Morgan fingerprint density at radius 2 is 0.517 bits per heavy atom. The van der Waals surface area contributed by atoms with Gasteiger partial charge in [-0.25, -0.2) is 9.97 Å². The van der Waals surface area contributed by atoms with E-state index in [0.29, 0.717) is 0 Å². The van der Waals surface area contributed by atoms with E-state index in [-0.39, 0.29) is 0 Å². The summed E-state index contributed by atoms with van der Waals surface area (Å²) in [5, 5.41) is 15.8. The van der Waals surface area contributed by atoms with E-state index in [1.54, 1.807) is 0 Å². The SMILES string of the molecule is c1ccc2c(c1)cc(-c1ccc(-c3ccc4ccc(-c5ccc(-c6cc7ccccc7c7ccccc67)c6ccccc56)nc4n3)c3ccccc13)c1ccccc12. The summed E-state index contributed by atoms with van der Waals surface area (Å²) in [6.45, 7) is 0. The topological polar surface area (TPSA) is 25.8 Å². The van der Waals surface area contributed by atoms with Crippen LogP contribution >= 0.6 is 0 Å². The standard InChI is InChI=1S/C56H34N2/c1-3-15-38-36(13-1)33-52(46-23-11-5-17-40(38)46)48-27-29-50(44-21-9-7-19-42(44)48)54-31-25-35-26-32-55(58-56(35)57-54)51-30-28-49(43-20-8-10-22-45(43)51)53-34-37-14-2-4-16-39(37)41-18-6-12-24-47(41)53/h1-34H. The fourth-order valence-electron chi connectivity index (χ4n) is 9.37. The third-order valence-electron chi connectivity index (χ3n) is 12.1. The van der Waals surface area contributed by atoms with Crippen molar-refractivity contribution < 1.29 is 0 Å². The largest absolute Gasteiger partial charge is 0.228 e. The molecule has 0 unspecified atom stereocenters. The molecule has 2 nitrogen and oxygen atoms in total. The van der Waals surface area contributed by atoms with Gasteiger partial charge in [0.1, 0.15) is 0 Å². The van der Waals surface area contributed by atoms with Gasteiger partial charge in [-0.2, -0.15) is 0 Å². The Bertz CT molecular complexity index is 3400. The molecule has 0 N–H and O–H groups in total. The van der Waals surface area contributed by atoms with Gasteiger partial charge in [0.05, 0.1) is 11.4 Å². The summed E-state index contributed by atoms with van der Waals surface area (Å²) in [5.41, 5.74) is 9.65. The molecular formula is C56H34N2. The smallest absolute Gasteiger partial charge is 0.160 e. The lowest BCUT2D eigenvalue weighted by molar-refractivity contribution is 1.29. The molecule has 268 valence electrons. The normalized spacial score (nSPS) is 11.8. The zero-order valence-corrected chi connectivity index (χ0v) is 31.5. The quantitative estimate of drug-likeness (QED) is 0.168. The molecule has 0 atom stereocenters. The monoisotopic (exact) mass is 734 g/mol. The molecule has 2 aromatic heterocycles. The van der Waals surface area contributed by atoms with Crippen LogP contribution in [0.5, 0.6) is 0 Å². The van der Waals surface area contributed by atoms with Gasteiger partial charge in [-0.1, -0.05) is 170 Å². The van der Waals surface area contributed by atoms with Gasteiger partial charge in [-0.15, -0.1) is 0 Å². The van der Waals surface area contributed by atoms with Crippen LogP contribution in [0.25, 0.3) is 120 Å². The molecule has 0 radical (unpaired) electrons. The van der Waals surface area contributed by atoms with Crippen molar-refractivity contribution in [2.45, 2.75) is 0 Å². The van der Waals surface area contributed by atoms with Crippen molar-refractivity contribution in [1.29, 1.82) is 0 Å². The summed E-state index contributed by atoms with van der Waals surface area (Å²) in [4.78, 5) is 10.5. The Hall–Kier alpha value is -7.68. The van der Waals surface area contributed by atoms with Crippen LogP contribution in [0.15, 0.2) is 206 Å². The summed E-state index contributed by atoms with van der Waals surface area (Å²) in [5.74, 6) is 0. The van der Waals surface area contributed by atoms with E-state index in [9.17, 15) is 0 Å². The van der Waals surface area contributed by atoms with E-state index >= 15 is 0 Å². The van der Waals surface area contributed by atoms with Crippen molar-refractivity contribution in [1.82, 2.24) is 9.97 Å². The number of fused-ring (bicyclic) bond motifs is 9. The predicted octanol–water partition coefficient (Wildman–Crippen LogP) is 15.2. The van der Waals surface area contributed by atoms with E-state index in [2.05, 4.69) is 206 Å². The lowest BCUT2D eigenvalue weighted by Gasteiger charge is -2.16. The minimum atomic E-state index is 0.734. The van der Waals surface area contributed by atoms with Crippen LogP contribution in [0, 0.1) is 0 Å². The molecule has 0 aliphatic carbocycles. The van der Waals surface area contributed by atoms with E-state index in [0.717, 1.165) is 33.5 Å². The van der Waals surface area contributed by atoms with Gasteiger partial charge in [0.2, 0.25) is 0 Å². The lowest BCUT2D eigenvalue weighted by atomic mass is 9.89. The molecule has 0 amide bonds. The Kier molecular flexibility index (Phi) is 7.26. The van der Waals surface area contributed by atoms with E-state index in [4.69, 9.17) is 9.97 Å². The average Bonchev–Trinajstić information content (AvgIpc) is 3.30. The maximum Gasteiger partial charge on any atom is 0.160 e. The number of benzene rings is 10. The lowest BCUT2D eigenvalue weighted by Crippen LogP contribution is -1.94. The number of pyridine rings is 2. The van der Waals surface area contributed by atoms with Crippen LogP contribution in [0.2, 0.25) is 0 Å². The summed E-state index contributed by atoms with van der Waals surface area (Å²) in [7, 11) is 0. The number of hydrogen-bond acceptors (Lipinski definition) is 2. The molecule has 0 spiro atoms. The highest BCUT2D eigenvalue weighted by Gasteiger charge is 2.17. The third-order valence-corrected chi connectivity index (χ3v) is 12.1. The average molecular weight is 735 g/mol. The maximum absolute atomic E-state index is 5.27. The first-order chi connectivity index (χ1) is 28.8. The molecule has 0 saturated carbocycles. The summed E-state index contributed by atoms with van der Waals surface area (Å²) in [6, 6.07) is 74.6. The number of hydrogen-bond donors (Lipinski definition) is 0. The van der Waals surface area contributed by atoms with E-state index in [1.165, 1.54) is 86.9 Å². The van der Waals surface area contributed by atoms with Gasteiger partial charge >= 0.3 is 0 Å². The fourth-order valence-corrected chi connectivity index (χ4v) is 9.37.